The van der Waals surface area contributed by atoms with E-state index in [2.05, 4.69) is 5.32 Å². The number of carboxylic acid groups (broad SMARTS) is 1. The van der Waals surface area contributed by atoms with Gasteiger partial charge in [0.15, 0.2) is 0 Å². The molecule has 0 saturated carbocycles. The van der Waals surface area contributed by atoms with Gasteiger partial charge in [-0.05, 0) is 43.9 Å². The Hall–Kier alpha value is -2.08. The van der Waals surface area contributed by atoms with E-state index in [-0.39, 0.29) is 18.2 Å². The van der Waals surface area contributed by atoms with Gasteiger partial charge in [0.1, 0.15) is 0 Å². The number of carbonyl (C=O) groups excluding carboxylic acids is 1. The lowest BCUT2D eigenvalue weighted by Crippen LogP contribution is -2.32. The summed E-state index contributed by atoms with van der Waals surface area (Å²) in [6.07, 6.45) is 2.41. The number of urea groups is 1. The normalized spacial score (nSPS) is 10.2. The molecule has 0 aromatic heterocycles. The van der Waals surface area contributed by atoms with Gasteiger partial charge >= 0.3 is 12.0 Å². The number of rotatable bonds is 7. The summed E-state index contributed by atoms with van der Waals surface area (Å²) in [6.45, 7) is 2.46. The van der Waals surface area contributed by atoms with E-state index in [4.69, 9.17) is 10.2 Å². The lowest BCUT2D eigenvalue weighted by Gasteiger charge is -2.18. The fourth-order valence-electron chi connectivity index (χ4n) is 1.89. The van der Waals surface area contributed by atoms with Crippen molar-refractivity contribution >= 4 is 17.7 Å². The third kappa shape index (κ3) is 5.43. The number of nitrogens with one attached hydrogen (secondary N) is 1. The van der Waals surface area contributed by atoms with Gasteiger partial charge in [0, 0.05) is 25.9 Å². The zero-order valence-electron chi connectivity index (χ0n) is 12.4. The second-order valence-electron chi connectivity index (χ2n) is 4.97. The van der Waals surface area contributed by atoms with Gasteiger partial charge in [-0.3, -0.25) is 0 Å². The van der Waals surface area contributed by atoms with Crippen molar-refractivity contribution in [2.75, 3.05) is 25.5 Å². The topological polar surface area (TPSA) is 89.9 Å². The second kappa shape index (κ2) is 8.26. The molecule has 0 unspecified atom stereocenters. The molecule has 0 spiro atoms. The van der Waals surface area contributed by atoms with Crippen LogP contribution in [0.25, 0.3) is 0 Å². The highest BCUT2D eigenvalue weighted by Crippen LogP contribution is 2.15. The van der Waals surface area contributed by atoms with Crippen LogP contribution in [0, 0.1) is 6.92 Å². The van der Waals surface area contributed by atoms with Crippen LogP contribution in [0.3, 0.4) is 0 Å². The lowest BCUT2D eigenvalue weighted by atomic mass is 10.1. The number of aliphatic hydroxyl groups excluding tert-OH is 1. The molecule has 6 nitrogen and oxygen atoms in total. The third-order valence-electron chi connectivity index (χ3n) is 3.22. The van der Waals surface area contributed by atoms with Gasteiger partial charge in [-0.25, -0.2) is 9.59 Å². The molecule has 0 saturated heterocycles. The molecule has 3 N–H and O–H groups in total. The van der Waals surface area contributed by atoms with Crippen molar-refractivity contribution in [1.29, 1.82) is 0 Å². The summed E-state index contributed by atoms with van der Waals surface area (Å²) < 4.78 is 0. The highest BCUT2D eigenvalue weighted by molar-refractivity contribution is 5.94. The number of benzene rings is 1. The molecular weight excluding hydrogens is 272 g/mol. The van der Waals surface area contributed by atoms with Gasteiger partial charge in [-0.15, -0.1) is 0 Å². The fourth-order valence-corrected chi connectivity index (χ4v) is 1.89. The van der Waals surface area contributed by atoms with Crippen LogP contribution < -0.4 is 5.32 Å². The maximum absolute atomic E-state index is 12.0. The van der Waals surface area contributed by atoms with E-state index < -0.39 is 5.97 Å². The number of carboxylic acids is 1. The number of aliphatic hydroxyl groups is 1. The molecule has 1 aromatic carbocycles. The third-order valence-corrected chi connectivity index (χ3v) is 3.22. The average Bonchev–Trinajstić information content (AvgIpc) is 2.45. The average molecular weight is 294 g/mol. The van der Waals surface area contributed by atoms with Gasteiger partial charge < -0.3 is 20.4 Å². The number of hydrogen-bond donors (Lipinski definition) is 3. The van der Waals surface area contributed by atoms with E-state index in [1.807, 2.05) is 0 Å². The Balaban J connectivity index is 2.58. The van der Waals surface area contributed by atoms with Crippen molar-refractivity contribution < 1.29 is 19.8 Å². The molecule has 0 aliphatic heterocycles. The van der Waals surface area contributed by atoms with Crippen LogP contribution in [0.5, 0.6) is 0 Å². The van der Waals surface area contributed by atoms with E-state index >= 15 is 0 Å². The van der Waals surface area contributed by atoms with Crippen LogP contribution in [-0.2, 0) is 0 Å². The minimum absolute atomic E-state index is 0.164. The first-order chi connectivity index (χ1) is 9.95. The fraction of sp³-hybridized carbons (Fsp3) is 0.467. The van der Waals surface area contributed by atoms with Crippen LogP contribution in [-0.4, -0.2) is 47.3 Å². The largest absolute Gasteiger partial charge is 0.478 e. The molecule has 21 heavy (non-hydrogen) atoms. The van der Waals surface area contributed by atoms with Crippen molar-refractivity contribution in [3.63, 3.8) is 0 Å². The summed E-state index contributed by atoms with van der Waals surface area (Å²) in [4.78, 5) is 24.6. The Morgan fingerprint density at radius 1 is 1.24 bits per heavy atom. The van der Waals surface area contributed by atoms with Gasteiger partial charge in [0.25, 0.3) is 0 Å². The van der Waals surface area contributed by atoms with Crippen LogP contribution in [0.2, 0.25) is 0 Å². The molecule has 0 aliphatic carbocycles. The van der Waals surface area contributed by atoms with E-state index in [0.29, 0.717) is 17.8 Å². The quantitative estimate of drug-likeness (QED) is 0.673. The Morgan fingerprint density at radius 3 is 2.57 bits per heavy atom. The van der Waals surface area contributed by atoms with Crippen LogP contribution in [0.15, 0.2) is 18.2 Å². The first-order valence-electron chi connectivity index (χ1n) is 6.92. The van der Waals surface area contributed by atoms with Crippen molar-refractivity contribution in [3.8, 4) is 0 Å². The molecule has 0 bridgehead atoms. The molecule has 2 amide bonds. The lowest BCUT2D eigenvalue weighted by molar-refractivity contribution is 0.0696. The Kier molecular flexibility index (Phi) is 6.68. The molecule has 1 aromatic rings. The number of nitrogens with zero attached hydrogens (tertiary/aromatic N) is 1. The molecule has 0 aliphatic rings. The number of anilines is 1. The molecule has 0 fully saturated rings. The smallest absolute Gasteiger partial charge is 0.336 e. The minimum Gasteiger partial charge on any atom is -0.478 e. The summed E-state index contributed by atoms with van der Waals surface area (Å²) in [6, 6.07) is 4.52. The summed E-state index contributed by atoms with van der Waals surface area (Å²) >= 11 is 0. The summed E-state index contributed by atoms with van der Waals surface area (Å²) in [5.74, 6) is -1.01. The van der Waals surface area contributed by atoms with Crippen LogP contribution in [0.1, 0.15) is 35.2 Å². The molecule has 0 heterocycles. The number of carbonyl (C=O) groups is 2. The first-order valence-corrected chi connectivity index (χ1v) is 6.92. The number of aromatic carboxylic acids is 1. The SMILES string of the molecule is Cc1ccc(NC(=O)N(C)CCCCCO)cc1C(=O)O. The second-order valence-corrected chi connectivity index (χ2v) is 4.97. The molecule has 6 heteroatoms. The van der Waals surface area contributed by atoms with Crippen molar-refractivity contribution in [2.45, 2.75) is 26.2 Å². The maximum Gasteiger partial charge on any atom is 0.336 e. The van der Waals surface area contributed by atoms with Crippen molar-refractivity contribution in [2.24, 2.45) is 0 Å². The number of unbranched alkanes of at least 4 members (excludes halogenated alkanes) is 2. The van der Waals surface area contributed by atoms with Gasteiger partial charge in [-0.1, -0.05) is 6.07 Å². The van der Waals surface area contributed by atoms with E-state index in [9.17, 15) is 9.59 Å². The molecule has 0 atom stereocenters. The zero-order chi connectivity index (χ0) is 15.8. The highest BCUT2D eigenvalue weighted by atomic mass is 16.4. The maximum atomic E-state index is 12.0. The molecule has 0 radical (unpaired) electrons. The predicted octanol–water partition coefficient (Wildman–Crippen LogP) is 2.32. The zero-order valence-corrected chi connectivity index (χ0v) is 12.4. The van der Waals surface area contributed by atoms with Gasteiger partial charge in [0.05, 0.1) is 5.56 Å². The first kappa shape index (κ1) is 17.0. The molecule has 1 rings (SSSR count). The van der Waals surface area contributed by atoms with Crippen LogP contribution in [0.4, 0.5) is 10.5 Å². The van der Waals surface area contributed by atoms with E-state index in [1.54, 1.807) is 26.1 Å². The Labute approximate surface area is 124 Å². The van der Waals surface area contributed by atoms with Crippen molar-refractivity contribution in [3.05, 3.63) is 29.3 Å². The Morgan fingerprint density at radius 2 is 1.95 bits per heavy atom. The van der Waals surface area contributed by atoms with E-state index in [0.717, 1.165) is 19.3 Å². The number of amides is 2. The van der Waals surface area contributed by atoms with Crippen LogP contribution >= 0.6 is 0 Å². The van der Waals surface area contributed by atoms with E-state index in [1.165, 1.54) is 11.0 Å². The molecular formula is C15H22N2O4. The molecule has 116 valence electrons. The highest BCUT2D eigenvalue weighted by Gasteiger charge is 2.11. The monoisotopic (exact) mass is 294 g/mol. The Bertz CT molecular complexity index is 502. The van der Waals surface area contributed by atoms with Crippen molar-refractivity contribution in [1.82, 2.24) is 4.90 Å². The number of aryl methyl sites for hydroxylation is 1. The predicted molar refractivity (Wildman–Crippen MR) is 80.7 cm³/mol. The van der Waals surface area contributed by atoms with Gasteiger partial charge in [-0.2, -0.15) is 0 Å². The summed E-state index contributed by atoms with van der Waals surface area (Å²) in [5.41, 5.74) is 1.29. The number of hydrogen-bond acceptors (Lipinski definition) is 3. The van der Waals surface area contributed by atoms with Gasteiger partial charge in [0.2, 0.25) is 0 Å². The standard InChI is InChI=1S/C15H22N2O4/c1-11-6-7-12(10-13(11)14(19)20)16-15(21)17(2)8-4-3-5-9-18/h6-7,10,18H,3-5,8-9H2,1-2H3,(H,16,21)(H,19,20). The summed E-state index contributed by atoms with van der Waals surface area (Å²) in [5, 5.41) is 20.4. The summed E-state index contributed by atoms with van der Waals surface area (Å²) in [7, 11) is 1.68. The minimum atomic E-state index is -1.01.